The number of aliphatic hydroxyl groups is 1. The average molecular weight is 308 g/mol. The molecule has 0 bridgehead atoms. The number of nitrogens with one attached hydrogen (secondary N) is 1. The van der Waals surface area contributed by atoms with Crippen molar-refractivity contribution in [3.05, 3.63) is 22.4 Å². The summed E-state index contributed by atoms with van der Waals surface area (Å²) in [5.41, 5.74) is 5.55. The number of carbonyl (C=O) groups is 1. The number of hydrogen-bond donors (Lipinski definition) is 3. The zero-order valence-corrected chi connectivity index (χ0v) is 12.0. The predicted molar refractivity (Wildman–Crippen MR) is 76.2 cm³/mol. The van der Waals surface area contributed by atoms with Crippen molar-refractivity contribution >= 4 is 23.2 Å². The highest BCUT2D eigenvalue weighted by atomic mass is 32.1. The van der Waals surface area contributed by atoms with Crippen molar-refractivity contribution in [1.82, 2.24) is 25.5 Å². The molecule has 2 heterocycles. The van der Waals surface area contributed by atoms with E-state index in [-0.39, 0.29) is 36.5 Å². The van der Waals surface area contributed by atoms with E-state index in [1.807, 2.05) is 17.5 Å². The number of nitrogens with two attached hydrogens (primary N) is 1. The fourth-order valence-electron chi connectivity index (χ4n) is 2.47. The number of amides is 1. The molecule has 9 heteroatoms. The summed E-state index contributed by atoms with van der Waals surface area (Å²) in [6.07, 6.45) is 1.15. The molecule has 0 radical (unpaired) electrons. The molecular weight excluding hydrogens is 292 g/mol. The molecule has 1 saturated carbocycles. The van der Waals surface area contributed by atoms with Gasteiger partial charge in [0.05, 0.1) is 12.1 Å². The van der Waals surface area contributed by atoms with E-state index in [2.05, 4.69) is 20.8 Å². The van der Waals surface area contributed by atoms with E-state index in [0.29, 0.717) is 12.8 Å². The second-order valence-electron chi connectivity index (χ2n) is 5.14. The Balaban J connectivity index is 1.67. The van der Waals surface area contributed by atoms with Gasteiger partial charge in [0.2, 0.25) is 11.9 Å². The summed E-state index contributed by atoms with van der Waals surface area (Å²) in [7, 11) is 0. The number of anilines is 1. The van der Waals surface area contributed by atoms with E-state index >= 15 is 0 Å². The van der Waals surface area contributed by atoms with Crippen LogP contribution in [0.3, 0.4) is 0 Å². The van der Waals surface area contributed by atoms with Gasteiger partial charge < -0.3 is 16.2 Å². The third kappa shape index (κ3) is 3.03. The summed E-state index contributed by atoms with van der Waals surface area (Å²) >= 11 is 1.59. The van der Waals surface area contributed by atoms with E-state index in [0.717, 1.165) is 4.88 Å². The SMILES string of the molecule is Nc1nnnn1CC(=O)N[C@H](c1cccs1)C1CC(O)C1. The summed E-state index contributed by atoms with van der Waals surface area (Å²) in [6.45, 7) is -0.0179. The van der Waals surface area contributed by atoms with Gasteiger partial charge in [-0.1, -0.05) is 11.2 Å². The first-order chi connectivity index (χ1) is 10.1. The molecule has 2 aromatic rings. The first-order valence-electron chi connectivity index (χ1n) is 6.66. The Morgan fingerprint density at radius 1 is 1.62 bits per heavy atom. The van der Waals surface area contributed by atoms with E-state index in [9.17, 15) is 9.90 Å². The quantitative estimate of drug-likeness (QED) is 0.712. The minimum absolute atomic E-state index is 0.0179. The van der Waals surface area contributed by atoms with Gasteiger partial charge in [0.1, 0.15) is 6.54 Å². The number of nitrogen functional groups attached to an aromatic ring is 1. The topological polar surface area (TPSA) is 119 Å². The number of nitrogens with zero attached hydrogens (tertiary/aromatic N) is 4. The van der Waals surface area contributed by atoms with Crippen molar-refractivity contribution in [3.8, 4) is 0 Å². The number of aliphatic hydroxyl groups excluding tert-OH is 1. The number of carbonyl (C=O) groups excluding carboxylic acids is 1. The molecule has 3 rings (SSSR count). The van der Waals surface area contributed by atoms with Crippen LogP contribution in [0.1, 0.15) is 23.8 Å². The number of thiophene rings is 1. The first kappa shape index (κ1) is 14.0. The van der Waals surface area contributed by atoms with Crippen LogP contribution in [-0.4, -0.2) is 37.3 Å². The second-order valence-corrected chi connectivity index (χ2v) is 6.12. The van der Waals surface area contributed by atoms with Gasteiger partial charge in [-0.25, -0.2) is 4.68 Å². The van der Waals surface area contributed by atoms with Crippen molar-refractivity contribution in [3.63, 3.8) is 0 Å². The molecule has 4 N–H and O–H groups in total. The smallest absolute Gasteiger partial charge is 0.242 e. The summed E-state index contributed by atoms with van der Waals surface area (Å²) < 4.78 is 1.25. The molecular formula is C12H16N6O2S. The van der Waals surface area contributed by atoms with Crippen LogP contribution in [0.4, 0.5) is 5.95 Å². The third-order valence-electron chi connectivity index (χ3n) is 3.64. The average Bonchev–Trinajstić information content (AvgIpc) is 3.05. The summed E-state index contributed by atoms with van der Waals surface area (Å²) in [6, 6.07) is 3.86. The summed E-state index contributed by atoms with van der Waals surface area (Å²) in [5.74, 6) is 0.166. The van der Waals surface area contributed by atoms with Crippen LogP contribution in [0, 0.1) is 5.92 Å². The van der Waals surface area contributed by atoms with Crippen LogP contribution in [0.2, 0.25) is 0 Å². The predicted octanol–water partition coefficient (Wildman–Crippen LogP) is -0.0548. The normalized spacial score (nSPS) is 22.5. The molecule has 8 nitrogen and oxygen atoms in total. The summed E-state index contributed by atoms with van der Waals surface area (Å²) in [4.78, 5) is 13.2. The van der Waals surface area contributed by atoms with Crippen molar-refractivity contribution in [2.45, 2.75) is 31.5 Å². The standard InChI is InChI=1S/C12H16N6O2S/c13-12-15-16-17-18(12)6-10(20)14-11(7-4-8(19)5-7)9-2-1-3-21-9/h1-3,7-8,11,19H,4-6H2,(H,14,20)(H2,13,15,17)/t7?,8?,11-/m0/s1. The van der Waals surface area contributed by atoms with Gasteiger partial charge in [-0.3, -0.25) is 4.79 Å². The van der Waals surface area contributed by atoms with Crippen LogP contribution in [0.25, 0.3) is 0 Å². The zero-order valence-electron chi connectivity index (χ0n) is 11.2. The Hall–Kier alpha value is -2.00. The van der Waals surface area contributed by atoms with E-state index in [1.54, 1.807) is 11.3 Å². The van der Waals surface area contributed by atoms with E-state index in [1.165, 1.54) is 4.68 Å². The van der Waals surface area contributed by atoms with Gasteiger partial charge in [-0.15, -0.1) is 11.3 Å². The lowest BCUT2D eigenvalue weighted by Gasteiger charge is -2.37. The maximum absolute atomic E-state index is 12.2. The monoisotopic (exact) mass is 308 g/mol. The van der Waals surface area contributed by atoms with Crippen molar-refractivity contribution in [2.24, 2.45) is 5.92 Å². The lowest BCUT2D eigenvalue weighted by atomic mass is 9.77. The van der Waals surface area contributed by atoms with Gasteiger partial charge in [0.25, 0.3) is 0 Å². The molecule has 0 aromatic carbocycles. The Morgan fingerprint density at radius 2 is 2.43 bits per heavy atom. The number of aromatic nitrogens is 4. The van der Waals surface area contributed by atoms with E-state index in [4.69, 9.17) is 5.73 Å². The molecule has 0 spiro atoms. The molecule has 21 heavy (non-hydrogen) atoms. The molecule has 0 aliphatic heterocycles. The third-order valence-corrected chi connectivity index (χ3v) is 4.60. The van der Waals surface area contributed by atoms with Crippen LogP contribution < -0.4 is 11.1 Å². The Morgan fingerprint density at radius 3 is 3.00 bits per heavy atom. The highest BCUT2D eigenvalue weighted by Gasteiger charge is 2.36. The second kappa shape index (κ2) is 5.78. The molecule has 0 unspecified atom stereocenters. The van der Waals surface area contributed by atoms with E-state index < -0.39 is 0 Å². The Bertz CT molecular complexity index is 607. The molecule has 1 amide bonds. The maximum Gasteiger partial charge on any atom is 0.242 e. The highest BCUT2D eigenvalue weighted by Crippen LogP contribution is 2.39. The largest absolute Gasteiger partial charge is 0.393 e. The molecule has 1 atom stereocenters. The van der Waals surface area contributed by atoms with Gasteiger partial charge >= 0.3 is 0 Å². The first-order valence-corrected chi connectivity index (χ1v) is 7.54. The van der Waals surface area contributed by atoms with Crippen LogP contribution in [0.15, 0.2) is 17.5 Å². The van der Waals surface area contributed by atoms with Gasteiger partial charge in [-0.05, 0) is 40.6 Å². The minimum Gasteiger partial charge on any atom is -0.393 e. The number of tetrazole rings is 1. The zero-order chi connectivity index (χ0) is 14.8. The minimum atomic E-state index is -0.260. The molecule has 2 aromatic heterocycles. The molecule has 1 aliphatic rings. The number of hydrogen-bond acceptors (Lipinski definition) is 7. The van der Waals surface area contributed by atoms with Gasteiger partial charge in [-0.2, -0.15) is 0 Å². The molecule has 1 aliphatic carbocycles. The highest BCUT2D eigenvalue weighted by molar-refractivity contribution is 7.10. The molecule has 0 saturated heterocycles. The summed E-state index contributed by atoms with van der Waals surface area (Å²) in [5, 5.41) is 25.0. The van der Waals surface area contributed by atoms with Crippen LogP contribution in [-0.2, 0) is 11.3 Å². The number of rotatable bonds is 5. The molecule has 112 valence electrons. The van der Waals surface area contributed by atoms with Crippen molar-refractivity contribution in [1.29, 1.82) is 0 Å². The lowest BCUT2D eigenvalue weighted by Crippen LogP contribution is -2.42. The lowest BCUT2D eigenvalue weighted by molar-refractivity contribution is -0.123. The van der Waals surface area contributed by atoms with Crippen LogP contribution >= 0.6 is 11.3 Å². The maximum atomic E-state index is 12.2. The Labute approximate surface area is 125 Å². The molecule has 1 fully saturated rings. The van der Waals surface area contributed by atoms with Crippen LogP contribution in [0.5, 0.6) is 0 Å². The Kier molecular flexibility index (Phi) is 3.84. The van der Waals surface area contributed by atoms with Gasteiger partial charge in [0.15, 0.2) is 0 Å². The van der Waals surface area contributed by atoms with Gasteiger partial charge in [0, 0.05) is 4.88 Å². The fourth-order valence-corrected chi connectivity index (χ4v) is 3.34. The van der Waals surface area contributed by atoms with Crippen molar-refractivity contribution in [2.75, 3.05) is 5.73 Å². The fraction of sp³-hybridized carbons (Fsp3) is 0.500. The van der Waals surface area contributed by atoms with Crippen molar-refractivity contribution < 1.29 is 9.90 Å².